The molecule has 1 aromatic rings. The normalized spacial score (nSPS) is 12.3. The summed E-state index contributed by atoms with van der Waals surface area (Å²) in [6.45, 7) is 9.56. The molecule has 0 aliphatic rings. The first-order chi connectivity index (χ1) is 8.43. The highest BCUT2D eigenvalue weighted by atomic mass is 16.5. The van der Waals surface area contributed by atoms with E-state index in [1.165, 1.54) is 0 Å². The molecule has 1 N–H and O–H groups in total. The van der Waals surface area contributed by atoms with Gasteiger partial charge in [0, 0.05) is 17.2 Å². The fourth-order valence-corrected chi connectivity index (χ4v) is 1.96. The van der Waals surface area contributed by atoms with Crippen molar-refractivity contribution in [1.82, 2.24) is 4.98 Å². The third kappa shape index (κ3) is 2.63. The van der Waals surface area contributed by atoms with Crippen LogP contribution < -0.4 is 0 Å². The van der Waals surface area contributed by atoms with Crippen LogP contribution in [0.1, 0.15) is 59.3 Å². The van der Waals surface area contributed by atoms with Gasteiger partial charge in [0.1, 0.15) is 5.69 Å². The van der Waals surface area contributed by atoms with Crippen LogP contribution in [0.3, 0.4) is 0 Å². The van der Waals surface area contributed by atoms with Crippen molar-refractivity contribution in [3.8, 4) is 0 Å². The molecule has 4 nitrogen and oxygen atoms in total. The van der Waals surface area contributed by atoms with Crippen molar-refractivity contribution in [1.29, 1.82) is 0 Å². The Hall–Kier alpha value is -1.58. The Bertz CT molecular complexity index is 460. The molecule has 0 aliphatic heterocycles. The van der Waals surface area contributed by atoms with Gasteiger partial charge in [-0.25, -0.2) is 4.79 Å². The van der Waals surface area contributed by atoms with Gasteiger partial charge in [-0.3, -0.25) is 4.79 Å². The second-order valence-corrected chi connectivity index (χ2v) is 4.52. The van der Waals surface area contributed by atoms with E-state index in [9.17, 15) is 9.59 Å². The number of hydrogen-bond acceptors (Lipinski definition) is 3. The topological polar surface area (TPSA) is 59.2 Å². The highest BCUT2D eigenvalue weighted by molar-refractivity contribution is 6.03. The van der Waals surface area contributed by atoms with Crippen LogP contribution in [0, 0.1) is 19.8 Å². The number of esters is 1. The minimum atomic E-state index is -0.402. The molecular weight excluding hydrogens is 230 g/mol. The molecule has 0 saturated carbocycles. The third-order valence-corrected chi connectivity index (χ3v) is 3.22. The molecule has 0 aliphatic carbocycles. The van der Waals surface area contributed by atoms with Gasteiger partial charge in [-0.15, -0.1) is 0 Å². The molecule has 18 heavy (non-hydrogen) atoms. The minimum Gasteiger partial charge on any atom is -0.461 e. The van der Waals surface area contributed by atoms with E-state index in [0.29, 0.717) is 23.4 Å². The van der Waals surface area contributed by atoms with Crippen LogP contribution >= 0.6 is 0 Å². The minimum absolute atomic E-state index is 0.0340. The van der Waals surface area contributed by atoms with Gasteiger partial charge >= 0.3 is 5.97 Å². The van der Waals surface area contributed by atoms with Gasteiger partial charge in [-0.1, -0.05) is 13.8 Å². The van der Waals surface area contributed by atoms with Gasteiger partial charge in [0.25, 0.3) is 0 Å². The fraction of sp³-hybridized carbons (Fsp3) is 0.571. The van der Waals surface area contributed by atoms with Crippen LogP contribution in [0.5, 0.6) is 0 Å². The Labute approximate surface area is 108 Å². The van der Waals surface area contributed by atoms with Gasteiger partial charge in [0.15, 0.2) is 5.78 Å². The standard InChI is InChI=1S/C14H21NO3/c1-6-8(3)13(16)11-9(4)12(15-10(11)5)14(17)18-7-2/h8,15H,6-7H2,1-5H3. The van der Waals surface area contributed by atoms with Crippen molar-refractivity contribution in [3.63, 3.8) is 0 Å². The molecule has 0 spiro atoms. The summed E-state index contributed by atoms with van der Waals surface area (Å²) in [6, 6.07) is 0. The average molecular weight is 251 g/mol. The third-order valence-electron chi connectivity index (χ3n) is 3.22. The Morgan fingerprint density at radius 1 is 1.28 bits per heavy atom. The smallest absolute Gasteiger partial charge is 0.355 e. The van der Waals surface area contributed by atoms with Crippen molar-refractivity contribution in [3.05, 3.63) is 22.5 Å². The predicted molar refractivity (Wildman–Crippen MR) is 70.0 cm³/mol. The molecule has 4 heteroatoms. The van der Waals surface area contributed by atoms with E-state index < -0.39 is 5.97 Å². The first kappa shape index (κ1) is 14.5. The lowest BCUT2D eigenvalue weighted by atomic mass is 9.94. The van der Waals surface area contributed by atoms with Gasteiger partial charge < -0.3 is 9.72 Å². The van der Waals surface area contributed by atoms with Crippen molar-refractivity contribution in [2.24, 2.45) is 5.92 Å². The van der Waals surface area contributed by atoms with Crippen LogP contribution in [0.15, 0.2) is 0 Å². The number of H-pyrrole nitrogens is 1. The fourth-order valence-electron chi connectivity index (χ4n) is 1.96. The molecule has 1 unspecified atom stereocenters. The lowest BCUT2D eigenvalue weighted by Crippen LogP contribution is -2.12. The molecule has 1 atom stereocenters. The zero-order valence-electron chi connectivity index (χ0n) is 11.7. The van der Waals surface area contributed by atoms with E-state index in [1.54, 1.807) is 13.8 Å². The summed E-state index contributed by atoms with van der Waals surface area (Å²) in [4.78, 5) is 26.9. The number of rotatable bonds is 5. The van der Waals surface area contributed by atoms with Crippen LogP contribution in [-0.2, 0) is 4.74 Å². The molecule has 1 rings (SSSR count). The maximum absolute atomic E-state index is 12.2. The van der Waals surface area contributed by atoms with Gasteiger partial charge in [0.2, 0.25) is 0 Å². The number of ether oxygens (including phenoxy) is 1. The number of carbonyl (C=O) groups is 2. The van der Waals surface area contributed by atoms with E-state index >= 15 is 0 Å². The van der Waals surface area contributed by atoms with Crippen LogP contribution in [0.2, 0.25) is 0 Å². The number of hydrogen-bond donors (Lipinski definition) is 1. The highest BCUT2D eigenvalue weighted by Gasteiger charge is 2.24. The molecule has 0 amide bonds. The molecule has 0 fully saturated rings. The maximum atomic E-state index is 12.2. The second-order valence-electron chi connectivity index (χ2n) is 4.52. The zero-order valence-corrected chi connectivity index (χ0v) is 11.7. The van der Waals surface area contributed by atoms with Gasteiger partial charge in [-0.05, 0) is 32.8 Å². The lowest BCUT2D eigenvalue weighted by molar-refractivity contribution is 0.0519. The quantitative estimate of drug-likeness (QED) is 0.646. The first-order valence-electron chi connectivity index (χ1n) is 6.34. The number of ketones is 1. The summed E-state index contributed by atoms with van der Waals surface area (Å²) < 4.78 is 4.96. The molecule has 1 aromatic heterocycles. The van der Waals surface area contributed by atoms with E-state index in [0.717, 1.165) is 12.1 Å². The van der Waals surface area contributed by atoms with Gasteiger partial charge in [0.05, 0.1) is 6.61 Å². The molecule has 0 saturated heterocycles. The van der Waals surface area contributed by atoms with Crippen molar-refractivity contribution in [2.75, 3.05) is 6.61 Å². The lowest BCUT2D eigenvalue weighted by Gasteiger charge is -2.08. The number of nitrogens with one attached hydrogen (secondary N) is 1. The predicted octanol–water partition coefficient (Wildman–Crippen LogP) is 3.04. The second kappa shape index (κ2) is 5.85. The molecule has 100 valence electrons. The summed E-state index contributed by atoms with van der Waals surface area (Å²) in [7, 11) is 0. The largest absolute Gasteiger partial charge is 0.461 e. The van der Waals surface area contributed by atoms with E-state index in [2.05, 4.69) is 4.98 Å². The van der Waals surface area contributed by atoms with Crippen LogP contribution in [0.25, 0.3) is 0 Å². The zero-order chi connectivity index (χ0) is 13.9. The molecule has 0 aromatic carbocycles. The number of Topliss-reactive ketones (excluding diaryl/α,β-unsaturated/α-hetero) is 1. The van der Waals surface area contributed by atoms with E-state index in [1.807, 2.05) is 20.8 Å². The number of aromatic nitrogens is 1. The maximum Gasteiger partial charge on any atom is 0.355 e. The molecule has 1 heterocycles. The summed E-state index contributed by atoms with van der Waals surface area (Å²) in [6.07, 6.45) is 0.789. The van der Waals surface area contributed by atoms with E-state index in [4.69, 9.17) is 4.74 Å². The SMILES string of the molecule is CCOC(=O)c1[nH]c(C)c(C(=O)C(C)CC)c1C. The summed E-state index contributed by atoms with van der Waals surface area (Å²) in [5, 5.41) is 0. The average Bonchev–Trinajstić information content (AvgIpc) is 2.63. The molecule has 0 bridgehead atoms. The monoisotopic (exact) mass is 251 g/mol. The number of aromatic amines is 1. The molecular formula is C14H21NO3. The van der Waals surface area contributed by atoms with E-state index in [-0.39, 0.29) is 11.7 Å². The Morgan fingerprint density at radius 3 is 2.39 bits per heavy atom. The summed E-state index contributed by atoms with van der Waals surface area (Å²) >= 11 is 0. The summed E-state index contributed by atoms with van der Waals surface area (Å²) in [5.41, 5.74) is 2.45. The number of carbonyl (C=O) groups excluding carboxylic acids is 2. The molecule has 0 radical (unpaired) electrons. The first-order valence-corrected chi connectivity index (χ1v) is 6.34. The van der Waals surface area contributed by atoms with Crippen molar-refractivity contribution < 1.29 is 14.3 Å². The summed E-state index contributed by atoms with van der Waals surface area (Å²) in [5.74, 6) is -0.353. The Kier molecular flexibility index (Phi) is 4.70. The van der Waals surface area contributed by atoms with Crippen molar-refractivity contribution in [2.45, 2.75) is 41.0 Å². The van der Waals surface area contributed by atoms with Crippen LogP contribution in [0.4, 0.5) is 0 Å². The van der Waals surface area contributed by atoms with Gasteiger partial charge in [-0.2, -0.15) is 0 Å². The Morgan fingerprint density at radius 2 is 1.89 bits per heavy atom. The van der Waals surface area contributed by atoms with Crippen LogP contribution in [-0.4, -0.2) is 23.3 Å². The van der Waals surface area contributed by atoms with Crippen molar-refractivity contribution >= 4 is 11.8 Å². The highest BCUT2D eigenvalue weighted by Crippen LogP contribution is 2.23. The Balaban J connectivity index is 3.16. The number of aryl methyl sites for hydroxylation is 1.